The Labute approximate surface area is 153 Å². The molecule has 0 radical (unpaired) electrons. The van der Waals surface area contributed by atoms with Gasteiger partial charge in [0.05, 0.1) is 46.2 Å². The van der Waals surface area contributed by atoms with Gasteiger partial charge in [0.2, 0.25) is 5.91 Å². The van der Waals surface area contributed by atoms with Crippen molar-refractivity contribution < 1.29 is 33.6 Å². The highest BCUT2D eigenvalue weighted by Crippen LogP contribution is 1.91. The van der Waals surface area contributed by atoms with Crippen LogP contribution >= 0.6 is 0 Å². The van der Waals surface area contributed by atoms with E-state index < -0.39 is 18.0 Å². The highest BCUT2D eigenvalue weighted by molar-refractivity contribution is 5.85. The molecule has 1 unspecified atom stereocenters. The molecule has 26 heavy (non-hydrogen) atoms. The Balaban J connectivity index is 3.44. The number of carbonyl (C=O) groups is 2. The maximum Gasteiger partial charge on any atom is 0.405 e. The van der Waals surface area contributed by atoms with Crippen LogP contribution in [0.5, 0.6) is 0 Å². The zero-order valence-electron chi connectivity index (χ0n) is 14.7. The topological polar surface area (TPSA) is 115 Å². The Bertz CT molecular complexity index is 471. The fourth-order valence-electron chi connectivity index (χ4n) is 1.64. The monoisotopic (exact) mass is 370 g/mol. The average Bonchev–Trinajstić information content (AvgIpc) is 2.61. The van der Waals surface area contributed by atoms with Crippen molar-refractivity contribution >= 4 is 12.0 Å². The lowest BCUT2D eigenvalue weighted by atomic mass is 10.2. The van der Waals surface area contributed by atoms with Crippen LogP contribution in [-0.4, -0.2) is 82.5 Å². The van der Waals surface area contributed by atoms with Crippen LogP contribution < -0.4 is 10.6 Å². The third-order valence-electron chi connectivity index (χ3n) is 2.78. The number of carboxylic acid groups (broad SMARTS) is 1. The molecular weight excluding hydrogens is 344 g/mol. The largest absolute Gasteiger partial charge is 0.465 e. The van der Waals surface area contributed by atoms with Gasteiger partial charge in [0.1, 0.15) is 12.6 Å². The molecule has 2 amide bonds. The van der Waals surface area contributed by atoms with Crippen LogP contribution in [0.2, 0.25) is 0 Å². The molecule has 0 aromatic carbocycles. The van der Waals surface area contributed by atoms with E-state index in [0.717, 1.165) is 0 Å². The van der Waals surface area contributed by atoms with E-state index in [1.54, 1.807) is 0 Å². The van der Waals surface area contributed by atoms with Gasteiger partial charge >= 0.3 is 6.09 Å². The Morgan fingerprint density at radius 1 is 0.885 bits per heavy atom. The summed E-state index contributed by atoms with van der Waals surface area (Å²) >= 11 is 0. The highest BCUT2D eigenvalue weighted by Gasteiger charge is 2.18. The van der Waals surface area contributed by atoms with E-state index in [4.69, 9.17) is 36.9 Å². The molecule has 0 aliphatic carbocycles. The van der Waals surface area contributed by atoms with Crippen LogP contribution in [0.15, 0.2) is 0 Å². The summed E-state index contributed by atoms with van der Waals surface area (Å²) in [5.74, 6) is 4.11. The van der Waals surface area contributed by atoms with E-state index in [-0.39, 0.29) is 26.2 Å². The number of hydrogen-bond acceptors (Lipinski definition) is 6. The molecule has 9 nitrogen and oxygen atoms in total. The number of amides is 2. The Hall–Kier alpha value is -2.30. The van der Waals surface area contributed by atoms with Gasteiger partial charge in [0, 0.05) is 13.0 Å². The van der Waals surface area contributed by atoms with Crippen LogP contribution in [0.1, 0.15) is 6.42 Å². The summed E-state index contributed by atoms with van der Waals surface area (Å²) in [7, 11) is 0. The van der Waals surface area contributed by atoms with Gasteiger partial charge in [-0.15, -0.1) is 18.8 Å². The van der Waals surface area contributed by atoms with E-state index in [0.29, 0.717) is 39.6 Å². The quantitative estimate of drug-likeness (QED) is 0.247. The van der Waals surface area contributed by atoms with Gasteiger partial charge in [0.25, 0.3) is 0 Å². The Morgan fingerprint density at radius 3 is 1.92 bits per heavy atom. The molecule has 0 heterocycles. The van der Waals surface area contributed by atoms with Crippen LogP contribution in [0.4, 0.5) is 4.79 Å². The standard InChI is InChI=1S/C17H26N2O7/c1-3-5-15(19-17(21)22)16(20)18-6-8-24-10-12-26-14-13-25-11-9-23-7-4-2/h1-2,15,19H,5-14H2,(H,18,20)(H,21,22). The van der Waals surface area contributed by atoms with Gasteiger partial charge in [-0.3, -0.25) is 4.79 Å². The van der Waals surface area contributed by atoms with Gasteiger partial charge in [-0.2, -0.15) is 0 Å². The molecule has 0 spiro atoms. The third-order valence-corrected chi connectivity index (χ3v) is 2.78. The minimum Gasteiger partial charge on any atom is -0.465 e. The average molecular weight is 370 g/mol. The maximum atomic E-state index is 11.7. The summed E-state index contributed by atoms with van der Waals surface area (Å²) < 4.78 is 20.9. The fourth-order valence-corrected chi connectivity index (χ4v) is 1.64. The zero-order valence-corrected chi connectivity index (χ0v) is 14.7. The number of hydrogen-bond donors (Lipinski definition) is 3. The number of carbonyl (C=O) groups excluding carboxylic acids is 1. The second-order valence-corrected chi connectivity index (χ2v) is 4.80. The van der Waals surface area contributed by atoms with Crippen molar-refractivity contribution in [3.8, 4) is 24.7 Å². The molecule has 0 aromatic heterocycles. The van der Waals surface area contributed by atoms with Gasteiger partial charge in [-0.05, 0) is 0 Å². The minimum absolute atomic E-state index is 0.0229. The Morgan fingerprint density at radius 2 is 1.42 bits per heavy atom. The predicted octanol–water partition coefficient (Wildman–Crippen LogP) is -0.538. The van der Waals surface area contributed by atoms with Crippen molar-refractivity contribution in [1.82, 2.24) is 10.6 Å². The van der Waals surface area contributed by atoms with Crippen LogP contribution in [0, 0.1) is 24.7 Å². The van der Waals surface area contributed by atoms with Gasteiger partial charge < -0.3 is 34.7 Å². The van der Waals surface area contributed by atoms with E-state index >= 15 is 0 Å². The van der Waals surface area contributed by atoms with Crippen molar-refractivity contribution in [2.75, 3.05) is 59.4 Å². The lowest BCUT2D eigenvalue weighted by Crippen LogP contribution is -2.46. The number of nitrogens with one attached hydrogen (secondary N) is 2. The van der Waals surface area contributed by atoms with Crippen LogP contribution in [0.25, 0.3) is 0 Å². The van der Waals surface area contributed by atoms with Crippen molar-refractivity contribution in [2.24, 2.45) is 0 Å². The number of ether oxygens (including phenoxy) is 4. The van der Waals surface area contributed by atoms with E-state index in [1.807, 2.05) is 0 Å². The van der Waals surface area contributed by atoms with E-state index in [9.17, 15) is 9.59 Å². The molecule has 0 aliphatic rings. The first kappa shape index (κ1) is 23.7. The summed E-state index contributed by atoms with van der Waals surface area (Å²) in [6.45, 7) is 3.33. The molecule has 9 heteroatoms. The second kappa shape index (κ2) is 17.5. The van der Waals surface area contributed by atoms with E-state index in [1.165, 1.54) is 0 Å². The molecule has 0 saturated carbocycles. The maximum absolute atomic E-state index is 11.7. The normalized spacial score (nSPS) is 11.2. The smallest absolute Gasteiger partial charge is 0.405 e. The first-order valence-electron chi connectivity index (χ1n) is 8.06. The predicted molar refractivity (Wildman–Crippen MR) is 93.5 cm³/mol. The number of rotatable bonds is 16. The molecule has 0 saturated heterocycles. The molecule has 0 rings (SSSR count). The zero-order chi connectivity index (χ0) is 19.5. The SMILES string of the molecule is C#CCOCCOCCOCCOCCNC(=O)C(CC#C)NC(=O)O. The summed E-state index contributed by atoms with van der Waals surface area (Å²) in [5.41, 5.74) is 0. The summed E-state index contributed by atoms with van der Waals surface area (Å²) in [6.07, 6.45) is 8.79. The summed E-state index contributed by atoms with van der Waals surface area (Å²) in [5, 5.41) is 13.2. The first-order valence-corrected chi connectivity index (χ1v) is 8.06. The van der Waals surface area contributed by atoms with Crippen LogP contribution in [-0.2, 0) is 23.7 Å². The van der Waals surface area contributed by atoms with Gasteiger partial charge in [-0.1, -0.05) is 5.92 Å². The molecule has 0 bridgehead atoms. The van der Waals surface area contributed by atoms with Crippen molar-refractivity contribution in [3.63, 3.8) is 0 Å². The second-order valence-electron chi connectivity index (χ2n) is 4.80. The molecular formula is C17H26N2O7. The lowest BCUT2D eigenvalue weighted by molar-refractivity contribution is -0.123. The molecule has 0 aliphatic heterocycles. The molecule has 0 aromatic rings. The third kappa shape index (κ3) is 15.2. The lowest BCUT2D eigenvalue weighted by Gasteiger charge is -2.14. The highest BCUT2D eigenvalue weighted by atomic mass is 16.6. The summed E-state index contributed by atoms with van der Waals surface area (Å²) in [6, 6.07) is -0.974. The van der Waals surface area contributed by atoms with Crippen molar-refractivity contribution in [3.05, 3.63) is 0 Å². The molecule has 1 atom stereocenters. The van der Waals surface area contributed by atoms with Gasteiger partial charge in [-0.25, -0.2) is 4.79 Å². The van der Waals surface area contributed by atoms with Crippen LogP contribution in [0.3, 0.4) is 0 Å². The minimum atomic E-state index is -1.31. The fraction of sp³-hybridized carbons (Fsp3) is 0.647. The number of terminal acetylenes is 2. The first-order chi connectivity index (χ1) is 12.6. The van der Waals surface area contributed by atoms with E-state index in [2.05, 4.69) is 22.5 Å². The molecule has 3 N–H and O–H groups in total. The Kier molecular flexibility index (Phi) is 16.0. The van der Waals surface area contributed by atoms with Gasteiger partial charge in [0.15, 0.2) is 0 Å². The van der Waals surface area contributed by atoms with Crippen molar-refractivity contribution in [1.29, 1.82) is 0 Å². The molecule has 0 fully saturated rings. The molecule has 146 valence electrons. The van der Waals surface area contributed by atoms with Crippen molar-refractivity contribution in [2.45, 2.75) is 12.5 Å². The summed E-state index contributed by atoms with van der Waals surface area (Å²) in [4.78, 5) is 22.3.